The maximum absolute atomic E-state index is 11.4. The minimum Gasteiger partial charge on any atom is -0.357 e. The van der Waals surface area contributed by atoms with Crippen LogP contribution in [-0.4, -0.2) is 46.4 Å². The molecule has 9 nitrogen and oxygen atoms in total. The molecule has 0 spiro atoms. The van der Waals surface area contributed by atoms with Crippen molar-refractivity contribution >= 4 is 33.7 Å². The van der Waals surface area contributed by atoms with Crippen LogP contribution in [0.1, 0.15) is 6.92 Å². The number of hydrogen-bond donors (Lipinski definition) is 4. The van der Waals surface area contributed by atoms with E-state index in [0.717, 1.165) is 8.00 Å². The average Bonchev–Trinajstić information content (AvgIpc) is 2.55. The second kappa shape index (κ2) is 7.90. The summed E-state index contributed by atoms with van der Waals surface area (Å²) in [6.45, 7) is 2.06. The lowest BCUT2D eigenvalue weighted by molar-refractivity contribution is -0.622. The molecule has 0 bridgehead atoms. The third kappa shape index (κ3) is 4.64. The molecule has 1 heterocycles. The molecule has 130 valence electrons. The second-order valence-corrected chi connectivity index (χ2v) is 9.32. The molecule has 0 amide bonds. The zero-order valence-electron chi connectivity index (χ0n) is 13.3. The molecule has 4 N–H and O–H groups in total. The van der Waals surface area contributed by atoms with E-state index in [-0.39, 0.29) is 32.0 Å². The second-order valence-electron chi connectivity index (χ2n) is 4.45. The number of rotatable bonds is 7. The monoisotopic (exact) mass is 465 g/mol. The van der Waals surface area contributed by atoms with Crippen molar-refractivity contribution in [2.24, 2.45) is 0 Å². The van der Waals surface area contributed by atoms with Crippen LogP contribution in [0.5, 0.6) is 0 Å². The molecule has 11 heteroatoms. The highest BCUT2D eigenvalue weighted by Crippen LogP contribution is 2.19. The first-order chi connectivity index (χ1) is 11.4. The van der Waals surface area contributed by atoms with Crippen molar-refractivity contribution in [1.82, 2.24) is 15.0 Å². The predicted molar refractivity (Wildman–Crippen MR) is 87.7 cm³/mol. The van der Waals surface area contributed by atoms with E-state index in [4.69, 9.17) is 0 Å². The molecule has 2 rings (SSSR count). The van der Waals surface area contributed by atoms with Gasteiger partial charge in [0.05, 0.1) is 10.6 Å². The Hall–Kier alpha value is -1.73. The molecule has 2 aromatic rings. The van der Waals surface area contributed by atoms with E-state index in [1.807, 2.05) is 0 Å². The summed E-state index contributed by atoms with van der Waals surface area (Å²) in [6, 6.07) is 4.50. The van der Waals surface area contributed by atoms with Gasteiger partial charge in [-0.05, 0) is 25.1 Å². The minimum absolute atomic E-state index is 0.175. The van der Waals surface area contributed by atoms with E-state index in [1.165, 1.54) is 12.1 Å². The van der Waals surface area contributed by atoms with Crippen LogP contribution in [0.25, 0.3) is 0 Å². The topological polar surface area (TPSA) is 129 Å². The standard InChI is InChI=1S/C13H17IN6O3S/c1-4-14-9-6-5-8(24(21,22)23)7-10(9)17-13-19-11(15-2)18-12(16-3)20-13/h5-7H,4H2,1-3H3,(H3-,15,16,17,18,19,20,21,22,23)/p+1. The first kappa shape index (κ1) is 18.6. The summed E-state index contributed by atoms with van der Waals surface area (Å²) in [5, 5.41) is 8.69. The van der Waals surface area contributed by atoms with Crippen molar-refractivity contribution in [2.75, 3.05) is 34.5 Å². The lowest BCUT2D eigenvalue weighted by Gasteiger charge is -2.09. The van der Waals surface area contributed by atoms with Gasteiger partial charge in [-0.3, -0.25) is 4.55 Å². The van der Waals surface area contributed by atoms with Gasteiger partial charge in [0.1, 0.15) is 4.43 Å². The quantitative estimate of drug-likeness (QED) is 0.213. The molecule has 1 aromatic carbocycles. The summed E-state index contributed by atoms with van der Waals surface area (Å²) in [7, 11) is -0.909. The van der Waals surface area contributed by atoms with Crippen molar-refractivity contribution in [3.05, 3.63) is 21.8 Å². The fourth-order valence-corrected chi connectivity index (χ4v) is 4.26. The highest BCUT2D eigenvalue weighted by atomic mass is 127. The zero-order valence-corrected chi connectivity index (χ0v) is 16.3. The highest BCUT2D eigenvalue weighted by Gasteiger charge is 2.20. The van der Waals surface area contributed by atoms with Crippen molar-refractivity contribution in [3.8, 4) is 0 Å². The van der Waals surface area contributed by atoms with Crippen LogP contribution in [0, 0.1) is 3.57 Å². The molecule has 0 aliphatic carbocycles. The van der Waals surface area contributed by atoms with Crippen molar-refractivity contribution in [1.29, 1.82) is 0 Å². The van der Waals surface area contributed by atoms with E-state index in [1.54, 1.807) is 20.2 Å². The van der Waals surface area contributed by atoms with Gasteiger partial charge in [0, 0.05) is 14.1 Å². The Bertz CT molecular complexity index is 808. The highest BCUT2D eigenvalue weighted by molar-refractivity contribution is 7.85. The van der Waals surface area contributed by atoms with Crippen molar-refractivity contribution in [2.45, 2.75) is 11.8 Å². The summed E-state index contributed by atoms with van der Waals surface area (Å²) in [4.78, 5) is 12.3. The largest absolute Gasteiger partial charge is 0.357 e. The number of hydrogen-bond acceptors (Lipinski definition) is 8. The number of benzene rings is 1. The first-order valence-corrected chi connectivity index (χ1v) is 11.0. The number of halogens is 1. The molecule has 1 aromatic heterocycles. The molecule has 0 aliphatic rings. The molecular weight excluding hydrogens is 447 g/mol. The summed E-state index contributed by atoms with van der Waals surface area (Å²) in [5.74, 6) is 1.01. The Morgan fingerprint density at radius 3 is 2.17 bits per heavy atom. The number of nitrogens with zero attached hydrogens (tertiary/aromatic N) is 3. The maximum Gasteiger partial charge on any atom is 0.315 e. The van der Waals surface area contributed by atoms with Gasteiger partial charge in [-0.25, -0.2) is 0 Å². The van der Waals surface area contributed by atoms with Gasteiger partial charge in [0.25, 0.3) is 10.1 Å². The molecule has 0 atom stereocenters. The summed E-state index contributed by atoms with van der Waals surface area (Å²) in [6.07, 6.45) is 0. The normalized spacial score (nSPS) is 11.2. The number of nitrogens with one attached hydrogen (secondary N) is 3. The van der Waals surface area contributed by atoms with Crippen LogP contribution in [0.2, 0.25) is 0 Å². The Morgan fingerprint density at radius 1 is 1.08 bits per heavy atom. The smallest absolute Gasteiger partial charge is 0.315 e. The van der Waals surface area contributed by atoms with Gasteiger partial charge < -0.3 is 16.0 Å². The van der Waals surface area contributed by atoms with E-state index >= 15 is 0 Å². The summed E-state index contributed by atoms with van der Waals surface area (Å²) in [5.41, 5.74) is 0.565. The lowest BCUT2D eigenvalue weighted by Crippen LogP contribution is -3.62. The van der Waals surface area contributed by atoms with Gasteiger partial charge in [0.2, 0.25) is 21.4 Å². The van der Waals surface area contributed by atoms with Gasteiger partial charge in [-0.1, -0.05) is 0 Å². The zero-order chi connectivity index (χ0) is 17.7. The molecule has 0 saturated heterocycles. The molecule has 0 radical (unpaired) electrons. The van der Waals surface area contributed by atoms with E-state index in [2.05, 4.69) is 37.8 Å². The summed E-state index contributed by atoms with van der Waals surface area (Å²) < 4.78 is 34.0. The molecule has 0 fully saturated rings. The van der Waals surface area contributed by atoms with Crippen LogP contribution >= 0.6 is 0 Å². The van der Waals surface area contributed by atoms with Crippen molar-refractivity contribution < 1.29 is 34.2 Å². The average molecular weight is 465 g/mol. The summed E-state index contributed by atoms with van der Waals surface area (Å²) >= 11 is -0.304. The van der Waals surface area contributed by atoms with Gasteiger partial charge in [-0.15, -0.1) is 0 Å². The Kier molecular flexibility index (Phi) is 6.12. The third-order valence-corrected chi connectivity index (χ3v) is 6.22. The number of aromatic nitrogens is 3. The number of alkyl halides is 1. The predicted octanol–water partition coefficient (Wildman–Crippen LogP) is -1.78. The number of anilines is 4. The van der Waals surface area contributed by atoms with Crippen LogP contribution in [-0.2, 0) is 10.1 Å². The fourth-order valence-electron chi connectivity index (χ4n) is 1.80. The maximum atomic E-state index is 11.4. The van der Waals surface area contributed by atoms with Crippen molar-refractivity contribution in [3.63, 3.8) is 0 Å². The third-order valence-electron chi connectivity index (χ3n) is 2.84. The molecule has 0 aliphatic heterocycles. The van der Waals surface area contributed by atoms with E-state index < -0.39 is 10.1 Å². The molecular formula is C13H18IN6O3S+. The minimum atomic E-state index is -4.28. The van der Waals surface area contributed by atoms with Gasteiger partial charge in [0.15, 0.2) is 0 Å². The Balaban J connectivity index is 2.47. The van der Waals surface area contributed by atoms with E-state index in [9.17, 15) is 13.0 Å². The molecule has 24 heavy (non-hydrogen) atoms. The Morgan fingerprint density at radius 2 is 1.67 bits per heavy atom. The van der Waals surface area contributed by atoms with Gasteiger partial charge >= 0.3 is 21.2 Å². The van der Waals surface area contributed by atoms with Crippen LogP contribution in [0.15, 0.2) is 23.1 Å². The SMILES string of the molecule is CC[I+]c1ccc(S(=O)(=O)O)cc1Nc1nc(NC)nc(NC)n1. The van der Waals surface area contributed by atoms with E-state index in [0.29, 0.717) is 17.6 Å². The van der Waals surface area contributed by atoms with Crippen LogP contribution in [0.4, 0.5) is 23.5 Å². The Labute approximate surface area is 150 Å². The lowest BCUT2D eigenvalue weighted by atomic mass is 10.3. The molecule has 0 unspecified atom stereocenters. The van der Waals surface area contributed by atoms with Crippen LogP contribution in [0.3, 0.4) is 0 Å². The first-order valence-electron chi connectivity index (χ1n) is 6.96. The van der Waals surface area contributed by atoms with Crippen LogP contribution < -0.4 is 37.2 Å². The fraction of sp³-hybridized carbons (Fsp3) is 0.308. The molecule has 0 saturated carbocycles. The van der Waals surface area contributed by atoms with Gasteiger partial charge in [-0.2, -0.15) is 23.4 Å².